The maximum absolute atomic E-state index is 12.0. The molecule has 0 bridgehead atoms. The average molecular weight is 367 g/mol. The molecule has 1 amide bonds. The van der Waals surface area contributed by atoms with Crippen LogP contribution in [0.3, 0.4) is 0 Å². The molecule has 21 heavy (non-hydrogen) atoms. The molecule has 0 aliphatic heterocycles. The maximum atomic E-state index is 12.0. The van der Waals surface area contributed by atoms with Gasteiger partial charge >= 0.3 is 0 Å². The van der Waals surface area contributed by atoms with E-state index in [1.807, 2.05) is 36.4 Å². The topological polar surface area (TPSA) is 32.3 Å². The molecule has 0 aliphatic carbocycles. The SMILES string of the molecule is CCN(CC)c1ccc(NC(=O)Cc2ccc(Br)s2)cc1. The van der Waals surface area contributed by atoms with Crippen LogP contribution in [0.15, 0.2) is 40.2 Å². The maximum Gasteiger partial charge on any atom is 0.229 e. The fourth-order valence-corrected chi connectivity index (χ4v) is 3.64. The van der Waals surface area contributed by atoms with E-state index in [-0.39, 0.29) is 5.91 Å². The van der Waals surface area contributed by atoms with Crippen LogP contribution in [0.4, 0.5) is 11.4 Å². The van der Waals surface area contributed by atoms with E-state index in [0.29, 0.717) is 6.42 Å². The number of hydrogen-bond acceptors (Lipinski definition) is 3. The highest BCUT2D eigenvalue weighted by atomic mass is 79.9. The van der Waals surface area contributed by atoms with Crippen LogP contribution in [0, 0.1) is 0 Å². The van der Waals surface area contributed by atoms with Gasteiger partial charge in [-0.25, -0.2) is 0 Å². The van der Waals surface area contributed by atoms with Crippen LogP contribution in [-0.4, -0.2) is 19.0 Å². The summed E-state index contributed by atoms with van der Waals surface area (Å²) in [5, 5.41) is 2.94. The number of nitrogens with one attached hydrogen (secondary N) is 1. The van der Waals surface area contributed by atoms with Gasteiger partial charge in [0.2, 0.25) is 5.91 Å². The van der Waals surface area contributed by atoms with Crippen LogP contribution in [0.2, 0.25) is 0 Å². The molecule has 2 aromatic rings. The van der Waals surface area contributed by atoms with Crippen LogP contribution in [0.25, 0.3) is 0 Å². The molecule has 0 saturated heterocycles. The molecule has 0 aliphatic rings. The fraction of sp³-hybridized carbons (Fsp3) is 0.312. The number of hydrogen-bond donors (Lipinski definition) is 1. The zero-order valence-electron chi connectivity index (χ0n) is 12.2. The third-order valence-corrected chi connectivity index (χ3v) is 4.87. The first kappa shape index (κ1) is 16.0. The van der Waals surface area contributed by atoms with Gasteiger partial charge in [-0.2, -0.15) is 0 Å². The van der Waals surface area contributed by atoms with Crippen molar-refractivity contribution in [2.24, 2.45) is 0 Å². The van der Waals surface area contributed by atoms with Crippen molar-refractivity contribution in [2.45, 2.75) is 20.3 Å². The van der Waals surface area contributed by atoms with Crippen molar-refractivity contribution in [3.63, 3.8) is 0 Å². The number of amides is 1. The normalized spacial score (nSPS) is 10.4. The number of nitrogens with zero attached hydrogens (tertiary/aromatic N) is 1. The molecule has 0 radical (unpaired) electrons. The molecular formula is C16H19BrN2OS. The van der Waals surface area contributed by atoms with Crippen LogP contribution in [-0.2, 0) is 11.2 Å². The van der Waals surface area contributed by atoms with E-state index < -0.39 is 0 Å². The van der Waals surface area contributed by atoms with Crippen LogP contribution >= 0.6 is 27.3 Å². The molecule has 1 aromatic carbocycles. The Kier molecular flexibility index (Phi) is 5.82. The van der Waals surface area contributed by atoms with Gasteiger partial charge in [0.1, 0.15) is 0 Å². The second kappa shape index (κ2) is 7.61. The highest BCUT2D eigenvalue weighted by molar-refractivity contribution is 9.11. The molecule has 3 nitrogen and oxygen atoms in total. The highest BCUT2D eigenvalue weighted by Crippen LogP contribution is 2.23. The van der Waals surface area contributed by atoms with E-state index in [1.54, 1.807) is 11.3 Å². The molecule has 112 valence electrons. The monoisotopic (exact) mass is 366 g/mol. The van der Waals surface area contributed by atoms with E-state index in [9.17, 15) is 4.79 Å². The lowest BCUT2D eigenvalue weighted by molar-refractivity contribution is -0.115. The Balaban J connectivity index is 1.95. The number of anilines is 2. The van der Waals surface area contributed by atoms with Gasteiger partial charge in [0.05, 0.1) is 10.2 Å². The van der Waals surface area contributed by atoms with Crippen molar-refractivity contribution in [2.75, 3.05) is 23.3 Å². The summed E-state index contributed by atoms with van der Waals surface area (Å²) in [6, 6.07) is 11.9. The third kappa shape index (κ3) is 4.58. The number of carbonyl (C=O) groups is 1. The molecule has 0 atom stereocenters. The second-order valence-electron chi connectivity index (χ2n) is 4.65. The molecule has 2 rings (SSSR count). The van der Waals surface area contributed by atoms with E-state index in [2.05, 4.69) is 40.0 Å². The van der Waals surface area contributed by atoms with Gasteiger partial charge in [0.25, 0.3) is 0 Å². The van der Waals surface area contributed by atoms with Crippen molar-refractivity contribution in [1.29, 1.82) is 0 Å². The van der Waals surface area contributed by atoms with E-state index in [4.69, 9.17) is 0 Å². The molecular weight excluding hydrogens is 348 g/mol. The smallest absolute Gasteiger partial charge is 0.229 e. The molecule has 5 heteroatoms. The minimum absolute atomic E-state index is 0.0138. The Morgan fingerprint density at radius 2 is 1.81 bits per heavy atom. The summed E-state index contributed by atoms with van der Waals surface area (Å²) in [6.45, 7) is 6.24. The van der Waals surface area contributed by atoms with Gasteiger partial charge in [-0.3, -0.25) is 4.79 Å². The molecule has 0 fully saturated rings. The number of rotatable bonds is 6. The zero-order valence-corrected chi connectivity index (χ0v) is 14.6. The lowest BCUT2D eigenvalue weighted by atomic mass is 10.2. The summed E-state index contributed by atoms with van der Waals surface area (Å²) in [5.41, 5.74) is 2.02. The number of halogens is 1. The zero-order chi connectivity index (χ0) is 15.2. The van der Waals surface area contributed by atoms with E-state index in [0.717, 1.165) is 27.4 Å². The first-order valence-corrected chi connectivity index (χ1v) is 8.62. The Morgan fingerprint density at radius 1 is 1.14 bits per heavy atom. The lowest BCUT2D eigenvalue weighted by Gasteiger charge is -2.21. The van der Waals surface area contributed by atoms with E-state index >= 15 is 0 Å². The van der Waals surface area contributed by atoms with Crippen LogP contribution in [0.5, 0.6) is 0 Å². The standard InChI is InChI=1S/C16H19BrN2OS/c1-3-19(4-2)13-7-5-12(6-8-13)18-16(20)11-14-9-10-15(17)21-14/h5-10H,3-4,11H2,1-2H3,(H,18,20). The Hall–Kier alpha value is -1.33. The van der Waals surface area contributed by atoms with Gasteiger partial charge in [-0.05, 0) is 66.2 Å². The molecule has 1 aromatic heterocycles. The summed E-state index contributed by atoms with van der Waals surface area (Å²) in [4.78, 5) is 15.3. The first-order chi connectivity index (χ1) is 10.1. The Labute approximate surface area is 138 Å². The lowest BCUT2D eigenvalue weighted by Crippen LogP contribution is -2.21. The number of benzene rings is 1. The molecule has 0 unspecified atom stereocenters. The summed E-state index contributed by atoms with van der Waals surface area (Å²) < 4.78 is 1.05. The second-order valence-corrected chi connectivity index (χ2v) is 7.20. The van der Waals surface area contributed by atoms with Crippen LogP contribution < -0.4 is 10.2 Å². The quantitative estimate of drug-likeness (QED) is 0.813. The van der Waals surface area contributed by atoms with Gasteiger partial charge in [0.15, 0.2) is 0 Å². The summed E-state index contributed by atoms with van der Waals surface area (Å²) in [7, 11) is 0. The summed E-state index contributed by atoms with van der Waals surface area (Å²) >= 11 is 4.99. The largest absolute Gasteiger partial charge is 0.372 e. The molecule has 1 N–H and O–H groups in total. The van der Waals surface area contributed by atoms with Crippen molar-refractivity contribution in [3.8, 4) is 0 Å². The number of carbonyl (C=O) groups excluding carboxylic acids is 1. The predicted octanol–water partition coefficient (Wildman–Crippen LogP) is 4.54. The summed E-state index contributed by atoms with van der Waals surface area (Å²) in [5.74, 6) is 0.0138. The van der Waals surface area contributed by atoms with Crippen LogP contribution in [0.1, 0.15) is 18.7 Å². The minimum Gasteiger partial charge on any atom is -0.372 e. The van der Waals surface area contributed by atoms with Gasteiger partial charge < -0.3 is 10.2 Å². The fourth-order valence-electron chi connectivity index (χ4n) is 2.15. The molecule has 0 saturated carbocycles. The first-order valence-electron chi connectivity index (χ1n) is 7.01. The van der Waals surface area contributed by atoms with Crippen molar-refractivity contribution in [1.82, 2.24) is 0 Å². The average Bonchev–Trinajstić information content (AvgIpc) is 2.87. The van der Waals surface area contributed by atoms with Gasteiger partial charge in [0, 0.05) is 29.3 Å². The third-order valence-electron chi connectivity index (χ3n) is 3.24. The van der Waals surface area contributed by atoms with Crippen molar-refractivity contribution in [3.05, 3.63) is 45.1 Å². The number of thiophene rings is 1. The van der Waals surface area contributed by atoms with Crippen molar-refractivity contribution < 1.29 is 4.79 Å². The Morgan fingerprint density at radius 3 is 2.33 bits per heavy atom. The van der Waals surface area contributed by atoms with Gasteiger partial charge in [-0.15, -0.1) is 11.3 Å². The molecule has 1 heterocycles. The summed E-state index contributed by atoms with van der Waals surface area (Å²) in [6.07, 6.45) is 0.411. The van der Waals surface area contributed by atoms with E-state index in [1.165, 1.54) is 5.69 Å². The highest BCUT2D eigenvalue weighted by Gasteiger charge is 2.07. The predicted molar refractivity (Wildman–Crippen MR) is 94.4 cm³/mol. The van der Waals surface area contributed by atoms with Gasteiger partial charge in [-0.1, -0.05) is 0 Å². The Bertz CT molecular complexity index is 591. The van der Waals surface area contributed by atoms with Crippen molar-refractivity contribution >= 4 is 44.5 Å². The molecule has 0 spiro atoms. The minimum atomic E-state index is 0.0138.